The normalized spacial score (nSPS) is 20.7. The van der Waals surface area contributed by atoms with Crippen molar-refractivity contribution in [3.8, 4) is 0 Å². The Hall–Kier alpha value is -2.41. The van der Waals surface area contributed by atoms with E-state index in [0.717, 1.165) is 10.5 Å². The number of carbonyl (C=O) groups is 3. The number of imide groups is 1. The van der Waals surface area contributed by atoms with Crippen LogP contribution in [0, 0.1) is 0 Å². The number of hydrogen-bond donors (Lipinski definition) is 2. The van der Waals surface area contributed by atoms with Crippen molar-refractivity contribution in [1.82, 2.24) is 20.4 Å². The van der Waals surface area contributed by atoms with E-state index in [1.807, 2.05) is 44.2 Å². The maximum absolute atomic E-state index is 12.8. The molecule has 0 bridgehead atoms. The van der Waals surface area contributed by atoms with Gasteiger partial charge in [0.05, 0.1) is 13.2 Å². The van der Waals surface area contributed by atoms with Crippen LogP contribution in [0.4, 0.5) is 4.79 Å². The summed E-state index contributed by atoms with van der Waals surface area (Å²) in [6.07, 6.45) is 0. The largest absolute Gasteiger partial charge is 0.353 e. The van der Waals surface area contributed by atoms with Gasteiger partial charge in [0.1, 0.15) is 5.54 Å². The molecule has 4 amide bonds. The lowest BCUT2D eigenvalue weighted by atomic mass is 9.92. The van der Waals surface area contributed by atoms with Gasteiger partial charge in [-0.05, 0) is 33.4 Å². The Kier molecular flexibility index (Phi) is 5.23. The Morgan fingerprint density at radius 3 is 2.50 bits per heavy atom. The first-order valence-corrected chi connectivity index (χ1v) is 7.91. The Labute approximate surface area is 142 Å². The fourth-order valence-corrected chi connectivity index (χ4v) is 2.70. The fourth-order valence-electron chi connectivity index (χ4n) is 2.70. The van der Waals surface area contributed by atoms with Crippen LogP contribution in [0.2, 0.25) is 0 Å². The maximum Gasteiger partial charge on any atom is 0.326 e. The van der Waals surface area contributed by atoms with Crippen molar-refractivity contribution < 1.29 is 14.4 Å². The third kappa shape index (κ3) is 3.73. The number of carbonyl (C=O) groups excluding carboxylic acids is 3. The third-order valence-electron chi connectivity index (χ3n) is 3.87. The summed E-state index contributed by atoms with van der Waals surface area (Å²) in [6.45, 7) is 5.60. The van der Waals surface area contributed by atoms with E-state index < -0.39 is 11.6 Å². The van der Waals surface area contributed by atoms with Gasteiger partial charge in [-0.3, -0.25) is 14.5 Å². The van der Waals surface area contributed by atoms with Crippen molar-refractivity contribution in [2.45, 2.75) is 32.4 Å². The van der Waals surface area contributed by atoms with Gasteiger partial charge in [0.2, 0.25) is 5.91 Å². The second-order valence-electron chi connectivity index (χ2n) is 6.53. The van der Waals surface area contributed by atoms with Gasteiger partial charge in [-0.25, -0.2) is 9.69 Å². The highest BCUT2D eigenvalue weighted by atomic mass is 16.2. The number of rotatable bonds is 6. The molecular weight excluding hydrogens is 308 g/mol. The zero-order valence-electron chi connectivity index (χ0n) is 14.5. The Morgan fingerprint density at radius 2 is 1.92 bits per heavy atom. The Balaban J connectivity index is 2.06. The summed E-state index contributed by atoms with van der Waals surface area (Å²) in [5.74, 6) is -0.472. The van der Waals surface area contributed by atoms with Crippen molar-refractivity contribution in [3.05, 3.63) is 35.9 Å². The Bertz CT molecular complexity index is 632. The lowest BCUT2D eigenvalue weighted by Crippen LogP contribution is -2.46. The molecule has 2 rings (SSSR count). The molecule has 7 nitrogen and oxygen atoms in total. The highest BCUT2D eigenvalue weighted by molar-refractivity contribution is 6.07. The van der Waals surface area contributed by atoms with Gasteiger partial charge in [0, 0.05) is 6.04 Å². The zero-order valence-corrected chi connectivity index (χ0v) is 14.5. The summed E-state index contributed by atoms with van der Waals surface area (Å²) < 4.78 is 0. The molecule has 7 heteroatoms. The van der Waals surface area contributed by atoms with E-state index in [2.05, 4.69) is 10.6 Å². The zero-order chi connectivity index (χ0) is 17.9. The standard InChI is InChI=1S/C17H24N4O3/c1-12(2)18-14(22)10-20(4)11-21-15(23)17(3,19-16(21)24)13-8-6-5-7-9-13/h5-9,12H,10-11H2,1-4H3,(H,18,22)(H,19,24)/t17-/m0/s1. The quantitative estimate of drug-likeness (QED) is 0.757. The number of nitrogens with one attached hydrogen (secondary N) is 2. The summed E-state index contributed by atoms with van der Waals surface area (Å²) in [4.78, 5) is 39.6. The van der Waals surface area contributed by atoms with Crippen LogP contribution in [0.3, 0.4) is 0 Å². The highest BCUT2D eigenvalue weighted by Crippen LogP contribution is 2.28. The molecule has 0 unspecified atom stereocenters. The number of likely N-dealkylation sites (N-methyl/N-ethyl adjacent to an activating group) is 1. The molecule has 2 N–H and O–H groups in total. The second kappa shape index (κ2) is 7.00. The van der Waals surface area contributed by atoms with Crippen molar-refractivity contribution in [2.75, 3.05) is 20.3 Å². The molecule has 0 spiro atoms. The van der Waals surface area contributed by atoms with Crippen LogP contribution < -0.4 is 10.6 Å². The molecule has 0 saturated carbocycles. The van der Waals surface area contributed by atoms with Crippen LogP contribution >= 0.6 is 0 Å². The van der Waals surface area contributed by atoms with E-state index in [1.165, 1.54) is 0 Å². The number of nitrogens with zero attached hydrogens (tertiary/aromatic N) is 2. The SMILES string of the molecule is CC(C)NC(=O)CN(C)CN1C(=O)N[C@@](C)(c2ccccc2)C1=O. The predicted molar refractivity (Wildman–Crippen MR) is 89.9 cm³/mol. The average molecular weight is 332 g/mol. The molecule has 0 radical (unpaired) electrons. The van der Waals surface area contributed by atoms with E-state index in [0.29, 0.717) is 0 Å². The average Bonchev–Trinajstić information content (AvgIpc) is 2.71. The molecular formula is C17H24N4O3. The second-order valence-corrected chi connectivity index (χ2v) is 6.53. The lowest BCUT2D eigenvalue weighted by Gasteiger charge is -2.24. The molecule has 1 saturated heterocycles. The molecule has 0 aliphatic carbocycles. The summed E-state index contributed by atoms with van der Waals surface area (Å²) >= 11 is 0. The van der Waals surface area contributed by atoms with Crippen molar-refractivity contribution >= 4 is 17.8 Å². The smallest absolute Gasteiger partial charge is 0.326 e. The van der Waals surface area contributed by atoms with Gasteiger partial charge in [-0.15, -0.1) is 0 Å². The Morgan fingerprint density at radius 1 is 1.29 bits per heavy atom. The van der Waals surface area contributed by atoms with Gasteiger partial charge in [-0.1, -0.05) is 30.3 Å². The van der Waals surface area contributed by atoms with Crippen LogP contribution in [0.1, 0.15) is 26.3 Å². The predicted octanol–water partition coefficient (Wildman–Crippen LogP) is 0.868. The molecule has 1 heterocycles. The van der Waals surface area contributed by atoms with Crippen LogP contribution in [0.15, 0.2) is 30.3 Å². The van der Waals surface area contributed by atoms with Crippen LogP contribution in [0.5, 0.6) is 0 Å². The molecule has 24 heavy (non-hydrogen) atoms. The van der Waals surface area contributed by atoms with Crippen molar-refractivity contribution in [1.29, 1.82) is 0 Å². The van der Waals surface area contributed by atoms with Gasteiger partial charge in [0.15, 0.2) is 0 Å². The van der Waals surface area contributed by atoms with Gasteiger partial charge >= 0.3 is 6.03 Å². The molecule has 1 aromatic rings. The first-order valence-electron chi connectivity index (χ1n) is 7.91. The summed E-state index contributed by atoms with van der Waals surface area (Å²) in [6, 6.07) is 8.71. The van der Waals surface area contributed by atoms with Gasteiger partial charge < -0.3 is 10.6 Å². The minimum Gasteiger partial charge on any atom is -0.353 e. The molecule has 130 valence electrons. The monoisotopic (exact) mass is 332 g/mol. The fraction of sp³-hybridized carbons (Fsp3) is 0.471. The number of amides is 4. The molecule has 1 atom stereocenters. The number of benzene rings is 1. The molecule has 1 fully saturated rings. The van der Waals surface area contributed by atoms with E-state index in [9.17, 15) is 14.4 Å². The lowest BCUT2D eigenvalue weighted by molar-refractivity contribution is -0.133. The third-order valence-corrected chi connectivity index (χ3v) is 3.87. The first kappa shape index (κ1) is 17.9. The minimum atomic E-state index is -1.08. The summed E-state index contributed by atoms with van der Waals surface area (Å²) in [7, 11) is 1.69. The minimum absolute atomic E-state index is 0.0454. The van der Waals surface area contributed by atoms with Gasteiger partial charge in [0.25, 0.3) is 5.91 Å². The first-order chi connectivity index (χ1) is 11.2. The van der Waals surface area contributed by atoms with E-state index in [-0.39, 0.29) is 31.1 Å². The molecule has 1 aromatic carbocycles. The number of urea groups is 1. The molecule has 1 aliphatic heterocycles. The maximum atomic E-state index is 12.8. The van der Waals surface area contributed by atoms with Crippen molar-refractivity contribution in [2.24, 2.45) is 0 Å². The van der Waals surface area contributed by atoms with Crippen LogP contribution in [-0.2, 0) is 15.1 Å². The summed E-state index contributed by atoms with van der Waals surface area (Å²) in [5, 5.41) is 5.53. The highest BCUT2D eigenvalue weighted by Gasteiger charge is 2.49. The summed E-state index contributed by atoms with van der Waals surface area (Å²) in [5.41, 5.74) is -0.356. The van der Waals surface area contributed by atoms with E-state index in [1.54, 1.807) is 18.9 Å². The van der Waals surface area contributed by atoms with E-state index >= 15 is 0 Å². The molecule has 0 aromatic heterocycles. The molecule has 1 aliphatic rings. The van der Waals surface area contributed by atoms with E-state index in [4.69, 9.17) is 0 Å². The van der Waals surface area contributed by atoms with Crippen molar-refractivity contribution in [3.63, 3.8) is 0 Å². The van der Waals surface area contributed by atoms with Crippen LogP contribution in [-0.4, -0.2) is 53.9 Å². The van der Waals surface area contributed by atoms with Crippen LogP contribution in [0.25, 0.3) is 0 Å². The van der Waals surface area contributed by atoms with Gasteiger partial charge in [-0.2, -0.15) is 0 Å². The topological polar surface area (TPSA) is 81.8 Å². The number of hydrogen-bond acceptors (Lipinski definition) is 4.